The molecule has 1 fully saturated rings. The summed E-state index contributed by atoms with van der Waals surface area (Å²) in [6, 6.07) is 9.01. The zero-order chi connectivity index (χ0) is 19.6. The predicted molar refractivity (Wildman–Crippen MR) is 97.6 cm³/mol. The van der Waals surface area contributed by atoms with Crippen LogP contribution in [0.3, 0.4) is 0 Å². The summed E-state index contributed by atoms with van der Waals surface area (Å²) in [5.41, 5.74) is 0.809. The Labute approximate surface area is 157 Å². The number of nitrogens with zero attached hydrogens (tertiary/aromatic N) is 1. The minimum absolute atomic E-state index is 0.00874. The zero-order valence-corrected chi connectivity index (χ0v) is 15.6. The zero-order valence-electron chi connectivity index (χ0n) is 14.8. The van der Waals surface area contributed by atoms with Gasteiger partial charge in [-0.25, -0.2) is 17.2 Å². The number of halogens is 2. The van der Waals surface area contributed by atoms with Gasteiger partial charge in [-0.2, -0.15) is 4.31 Å². The standard InChI is InChI=1S/C19H20F2N2O3S/c1-13-4-7-16(11-18(13)21)22-19(24)14-3-2-10-23(12-14)27(25,26)17-8-5-15(20)6-9-17/h4-9,11,14H,2-3,10,12H2,1H3,(H,22,24)/t14-/m0/s1. The smallest absolute Gasteiger partial charge is 0.243 e. The number of carbonyl (C=O) groups is 1. The van der Waals surface area contributed by atoms with Crippen molar-refractivity contribution in [1.82, 2.24) is 4.31 Å². The molecule has 1 heterocycles. The summed E-state index contributed by atoms with van der Waals surface area (Å²) in [5, 5.41) is 2.65. The normalized spacial score (nSPS) is 18.3. The molecule has 0 unspecified atom stereocenters. The fraction of sp³-hybridized carbons (Fsp3) is 0.316. The van der Waals surface area contributed by atoms with E-state index in [1.165, 1.54) is 22.5 Å². The first-order chi connectivity index (χ1) is 12.8. The fourth-order valence-corrected chi connectivity index (χ4v) is 4.57. The number of aryl methyl sites for hydroxylation is 1. The molecule has 5 nitrogen and oxygen atoms in total. The van der Waals surface area contributed by atoms with Crippen LogP contribution < -0.4 is 5.32 Å². The van der Waals surface area contributed by atoms with Gasteiger partial charge in [0.05, 0.1) is 10.8 Å². The lowest BCUT2D eigenvalue weighted by atomic mass is 9.98. The Morgan fingerprint density at radius 3 is 2.52 bits per heavy atom. The Morgan fingerprint density at radius 2 is 1.85 bits per heavy atom. The third kappa shape index (κ3) is 4.33. The van der Waals surface area contributed by atoms with Gasteiger partial charge in [-0.05, 0) is 61.7 Å². The number of benzene rings is 2. The van der Waals surface area contributed by atoms with E-state index < -0.39 is 27.6 Å². The van der Waals surface area contributed by atoms with Crippen molar-refractivity contribution in [1.29, 1.82) is 0 Å². The molecule has 1 N–H and O–H groups in total. The van der Waals surface area contributed by atoms with Crippen molar-refractivity contribution in [3.8, 4) is 0 Å². The van der Waals surface area contributed by atoms with Gasteiger partial charge in [-0.15, -0.1) is 0 Å². The summed E-state index contributed by atoms with van der Waals surface area (Å²) < 4.78 is 53.4. The van der Waals surface area contributed by atoms with Gasteiger partial charge in [-0.1, -0.05) is 6.07 Å². The lowest BCUT2D eigenvalue weighted by Crippen LogP contribution is -2.43. The molecule has 1 amide bonds. The van der Waals surface area contributed by atoms with E-state index in [2.05, 4.69) is 5.32 Å². The van der Waals surface area contributed by atoms with Gasteiger partial charge >= 0.3 is 0 Å². The Balaban J connectivity index is 1.72. The van der Waals surface area contributed by atoms with Crippen molar-refractivity contribution >= 4 is 21.6 Å². The number of carbonyl (C=O) groups excluding carboxylic acids is 1. The Kier molecular flexibility index (Phi) is 5.57. The lowest BCUT2D eigenvalue weighted by Gasteiger charge is -2.31. The second-order valence-corrected chi connectivity index (χ2v) is 8.55. The number of rotatable bonds is 4. The molecule has 1 saturated heterocycles. The first-order valence-corrected chi connectivity index (χ1v) is 10.0. The molecule has 27 heavy (non-hydrogen) atoms. The lowest BCUT2D eigenvalue weighted by molar-refractivity contribution is -0.120. The van der Waals surface area contributed by atoms with Crippen LogP contribution in [-0.2, 0) is 14.8 Å². The minimum Gasteiger partial charge on any atom is -0.326 e. The molecule has 0 aromatic heterocycles. The first-order valence-electron chi connectivity index (χ1n) is 8.60. The Hall–Kier alpha value is -2.32. The second-order valence-electron chi connectivity index (χ2n) is 6.61. The second kappa shape index (κ2) is 7.74. The average molecular weight is 394 g/mol. The molecule has 0 aliphatic carbocycles. The number of amides is 1. The summed E-state index contributed by atoms with van der Waals surface area (Å²) in [4.78, 5) is 12.5. The molecule has 2 aromatic carbocycles. The number of hydrogen-bond donors (Lipinski definition) is 1. The van der Waals surface area contributed by atoms with Gasteiger partial charge in [0, 0.05) is 18.8 Å². The monoisotopic (exact) mass is 394 g/mol. The maximum absolute atomic E-state index is 13.6. The molecule has 0 saturated carbocycles. The summed E-state index contributed by atoms with van der Waals surface area (Å²) in [5.74, 6) is -1.83. The van der Waals surface area contributed by atoms with E-state index in [9.17, 15) is 22.0 Å². The van der Waals surface area contributed by atoms with E-state index in [-0.39, 0.29) is 17.3 Å². The number of piperidine rings is 1. The summed E-state index contributed by atoms with van der Waals surface area (Å²) in [7, 11) is -3.80. The van der Waals surface area contributed by atoms with E-state index >= 15 is 0 Å². The van der Waals surface area contributed by atoms with Crippen LogP contribution in [0.25, 0.3) is 0 Å². The topological polar surface area (TPSA) is 66.5 Å². The van der Waals surface area contributed by atoms with Gasteiger partial charge in [0.2, 0.25) is 15.9 Å². The van der Waals surface area contributed by atoms with Crippen LogP contribution in [0, 0.1) is 24.5 Å². The highest BCUT2D eigenvalue weighted by Crippen LogP contribution is 2.25. The molecule has 3 rings (SSSR count). The average Bonchev–Trinajstić information content (AvgIpc) is 2.65. The summed E-state index contributed by atoms with van der Waals surface area (Å²) in [6.45, 7) is 1.95. The van der Waals surface area contributed by atoms with E-state index in [1.54, 1.807) is 19.1 Å². The van der Waals surface area contributed by atoms with Crippen molar-refractivity contribution in [2.75, 3.05) is 18.4 Å². The van der Waals surface area contributed by atoms with Gasteiger partial charge in [0.25, 0.3) is 0 Å². The van der Waals surface area contributed by atoms with Crippen molar-refractivity contribution in [2.24, 2.45) is 5.92 Å². The van der Waals surface area contributed by atoms with Gasteiger partial charge in [0.15, 0.2) is 0 Å². The first kappa shape index (κ1) is 19.4. The molecule has 1 aliphatic rings. The number of sulfonamides is 1. The van der Waals surface area contributed by atoms with Crippen LogP contribution in [0.1, 0.15) is 18.4 Å². The maximum atomic E-state index is 13.6. The van der Waals surface area contributed by atoms with Crippen LogP contribution in [-0.4, -0.2) is 31.7 Å². The molecule has 1 aliphatic heterocycles. The van der Waals surface area contributed by atoms with Crippen LogP contribution in [0.15, 0.2) is 47.4 Å². The highest BCUT2D eigenvalue weighted by atomic mass is 32.2. The third-order valence-corrected chi connectivity index (χ3v) is 6.53. The highest BCUT2D eigenvalue weighted by Gasteiger charge is 2.33. The van der Waals surface area contributed by atoms with Crippen molar-refractivity contribution < 1.29 is 22.0 Å². The van der Waals surface area contributed by atoms with E-state index in [0.717, 1.165) is 12.1 Å². The van der Waals surface area contributed by atoms with Crippen LogP contribution in [0.2, 0.25) is 0 Å². The molecule has 1 atom stereocenters. The van der Waals surface area contributed by atoms with Gasteiger partial charge in [0.1, 0.15) is 11.6 Å². The van der Waals surface area contributed by atoms with E-state index in [1.807, 2.05) is 0 Å². The number of anilines is 1. The maximum Gasteiger partial charge on any atom is 0.243 e. The molecule has 0 bridgehead atoms. The molecule has 144 valence electrons. The largest absolute Gasteiger partial charge is 0.326 e. The quantitative estimate of drug-likeness (QED) is 0.865. The van der Waals surface area contributed by atoms with E-state index in [4.69, 9.17) is 0 Å². The number of nitrogens with one attached hydrogen (secondary N) is 1. The fourth-order valence-electron chi connectivity index (χ4n) is 3.05. The molecule has 8 heteroatoms. The summed E-state index contributed by atoms with van der Waals surface area (Å²) in [6.07, 6.45) is 1.07. The molecule has 0 spiro atoms. The molecular formula is C19H20F2N2O3S. The van der Waals surface area contributed by atoms with Gasteiger partial charge < -0.3 is 5.32 Å². The van der Waals surface area contributed by atoms with Crippen LogP contribution in [0.4, 0.5) is 14.5 Å². The Bertz CT molecular complexity index is 946. The third-order valence-electron chi connectivity index (χ3n) is 4.65. The minimum atomic E-state index is -3.80. The number of hydrogen-bond acceptors (Lipinski definition) is 3. The molecular weight excluding hydrogens is 374 g/mol. The van der Waals surface area contributed by atoms with Gasteiger partial charge in [-0.3, -0.25) is 4.79 Å². The SMILES string of the molecule is Cc1ccc(NC(=O)[C@H]2CCCN(S(=O)(=O)c3ccc(F)cc3)C2)cc1F. The van der Waals surface area contributed by atoms with Crippen molar-refractivity contribution in [3.05, 3.63) is 59.7 Å². The van der Waals surface area contributed by atoms with Crippen LogP contribution in [0.5, 0.6) is 0 Å². The Morgan fingerprint density at radius 1 is 1.15 bits per heavy atom. The molecule has 2 aromatic rings. The van der Waals surface area contributed by atoms with E-state index in [0.29, 0.717) is 30.6 Å². The summed E-state index contributed by atoms with van der Waals surface area (Å²) >= 11 is 0. The molecule has 0 radical (unpaired) electrons. The highest BCUT2D eigenvalue weighted by molar-refractivity contribution is 7.89. The van der Waals surface area contributed by atoms with Crippen molar-refractivity contribution in [3.63, 3.8) is 0 Å². The van der Waals surface area contributed by atoms with Crippen LogP contribution >= 0.6 is 0 Å². The van der Waals surface area contributed by atoms with Crippen molar-refractivity contribution in [2.45, 2.75) is 24.7 Å². The predicted octanol–water partition coefficient (Wildman–Crippen LogP) is 3.31.